The van der Waals surface area contributed by atoms with Gasteiger partial charge >= 0.3 is 0 Å². The highest BCUT2D eigenvalue weighted by atomic mass is 35.5. The second-order valence-corrected chi connectivity index (χ2v) is 7.90. The molecule has 0 fully saturated rings. The van der Waals surface area contributed by atoms with E-state index >= 15 is 0 Å². The Morgan fingerprint density at radius 3 is 2.52 bits per heavy atom. The number of hydrogen-bond donors (Lipinski definition) is 0. The number of fused-ring (bicyclic) bond motifs is 2. The van der Waals surface area contributed by atoms with Gasteiger partial charge < -0.3 is 4.42 Å². The quantitative estimate of drug-likeness (QED) is 0.404. The first-order chi connectivity index (χ1) is 15.0. The van der Waals surface area contributed by atoms with Gasteiger partial charge in [0.15, 0.2) is 5.43 Å². The topological polar surface area (TPSA) is 50.5 Å². The van der Waals surface area contributed by atoms with Gasteiger partial charge in [0.2, 0.25) is 5.76 Å². The molecular weight excluding hydrogens is 417 g/mol. The smallest absolute Gasteiger partial charge is 0.295 e. The maximum Gasteiger partial charge on any atom is 0.295 e. The number of aryl methyl sites for hydroxylation is 1. The molecule has 31 heavy (non-hydrogen) atoms. The lowest BCUT2D eigenvalue weighted by Gasteiger charge is -2.25. The molecule has 0 saturated heterocycles. The summed E-state index contributed by atoms with van der Waals surface area (Å²) >= 11 is 6.22. The molecular formula is C25H17ClFNO3. The third-order valence-electron chi connectivity index (χ3n) is 5.62. The van der Waals surface area contributed by atoms with E-state index in [-0.39, 0.29) is 22.3 Å². The zero-order chi connectivity index (χ0) is 21.7. The number of nitrogens with zero attached hydrogens (tertiary/aromatic N) is 1. The average molecular weight is 434 g/mol. The van der Waals surface area contributed by atoms with Crippen molar-refractivity contribution >= 4 is 34.2 Å². The Balaban J connectivity index is 1.80. The van der Waals surface area contributed by atoms with Crippen LogP contribution >= 0.6 is 11.6 Å². The molecule has 1 atom stereocenters. The maximum atomic E-state index is 13.9. The van der Waals surface area contributed by atoms with Crippen LogP contribution in [0.15, 0.2) is 75.9 Å². The number of halogens is 2. The van der Waals surface area contributed by atoms with Gasteiger partial charge in [0, 0.05) is 10.7 Å². The molecule has 1 aromatic heterocycles. The van der Waals surface area contributed by atoms with Crippen LogP contribution in [0.5, 0.6) is 0 Å². The van der Waals surface area contributed by atoms with Crippen molar-refractivity contribution < 1.29 is 13.6 Å². The fourth-order valence-electron chi connectivity index (χ4n) is 4.10. The number of anilines is 1. The first kappa shape index (κ1) is 19.5. The fraction of sp³-hybridized carbons (Fsp3) is 0.120. The van der Waals surface area contributed by atoms with Crippen molar-refractivity contribution in [1.29, 1.82) is 0 Å². The summed E-state index contributed by atoms with van der Waals surface area (Å²) < 4.78 is 19.7. The third kappa shape index (κ3) is 3.13. The maximum absolute atomic E-state index is 13.9. The Bertz CT molecular complexity index is 1390. The van der Waals surface area contributed by atoms with E-state index in [1.165, 1.54) is 17.0 Å². The molecule has 1 amide bonds. The van der Waals surface area contributed by atoms with Crippen molar-refractivity contribution in [2.45, 2.75) is 19.4 Å². The molecule has 0 radical (unpaired) electrons. The Morgan fingerprint density at radius 1 is 1.03 bits per heavy atom. The minimum atomic E-state index is -0.738. The minimum Gasteiger partial charge on any atom is -0.450 e. The summed E-state index contributed by atoms with van der Waals surface area (Å²) in [5.74, 6) is -1.00. The molecule has 0 aliphatic carbocycles. The van der Waals surface area contributed by atoms with Crippen molar-refractivity contribution in [3.05, 3.63) is 110 Å². The molecule has 4 nitrogen and oxygen atoms in total. The van der Waals surface area contributed by atoms with Crippen LogP contribution in [0.3, 0.4) is 0 Å². The lowest BCUT2D eigenvalue weighted by molar-refractivity contribution is 0.0971. The lowest BCUT2D eigenvalue weighted by atomic mass is 9.98. The van der Waals surface area contributed by atoms with Gasteiger partial charge in [-0.15, -0.1) is 0 Å². The SMILES string of the molecule is CCc1ccc(N2C(=O)c3oc4ccc(F)cc4c(=O)c3C2c2cccc(Cl)c2)cc1. The summed E-state index contributed by atoms with van der Waals surface area (Å²) in [6, 6.07) is 17.6. The molecule has 6 heteroatoms. The standard InChI is InChI=1S/C25H17ClFNO3/c1-2-14-6-9-18(10-7-14)28-22(15-4-3-5-16(26)12-15)21-23(29)19-13-17(27)8-11-20(19)31-24(21)25(28)30/h3-13,22H,2H2,1H3. The monoisotopic (exact) mass is 433 g/mol. The summed E-state index contributed by atoms with van der Waals surface area (Å²) in [5, 5.41) is 0.581. The predicted molar refractivity (Wildman–Crippen MR) is 118 cm³/mol. The molecule has 4 aromatic rings. The van der Waals surface area contributed by atoms with Crippen molar-refractivity contribution in [2.24, 2.45) is 0 Å². The second kappa shape index (κ2) is 7.36. The van der Waals surface area contributed by atoms with E-state index in [0.717, 1.165) is 18.1 Å². The number of benzene rings is 3. The molecule has 3 aromatic carbocycles. The van der Waals surface area contributed by atoms with Crippen LogP contribution < -0.4 is 10.3 Å². The van der Waals surface area contributed by atoms with Crippen molar-refractivity contribution in [3.8, 4) is 0 Å². The van der Waals surface area contributed by atoms with Crippen LogP contribution in [0.4, 0.5) is 10.1 Å². The van der Waals surface area contributed by atoms with Gasteiger partial charge in [0.05, 0.1) is 17.0 Å². The highest BCUT2D eigenvalue weighted by Crippen LogP contribution is 2.41. The highest BCUT2D eigenvalue weighted by molar-refractivity contribution is 6.30. The number of carbonyl (C=O) groups excluding carboxylic acids is 1. The molecule has 0 spiro atoms. The Labute approximate surface area is 182 Å². The van der Waals surface area contributed by atoms with Crippen LogP contribution in [0.2, 0.25) is 5.02 Å². The predicted octanol–water partition coefficient (Wildman–Crippen LogP) is 5.90. The van der Waals surface area contributed by atoms with E-state index in [1.807, 2.05) is 37.3 Å². The molecule has 0 bridgehead atoms. The normalized spacial score (nSPS) is 15.5. The van der Waals surface area contributed by atoms with Gasteiger partial charge in [-0.2, -0.15) is 0 Å². The van der Waals surface area contributed by atoms with Crippen LogP contribution in [-0.2, 0) is 6.42 Å². The van der Waals surface area contributed by atoms with Crippen LogP contribution in [-0.4, -0.2) is 5.91 Å². The average Bonchev–Trinajstić information content (AvgIpc) is 3.07. The highest BCUT2D eigenvalue weighted by Gasteiger charge is 2.43. The third-order valence-corrected chi connectivity index (χ3v) is 5.85. The van der Waals surface area contributed by atoms with E-state index in [9.17, 15) is 14.0 Å². The Hall–Kier alpha value is -3.44. The van der Waals surface area contributed by atoms with Crippen LogP contribution in [0.25, 0.3) is 11.0 Å². The molecule has 154 valence electrons. The van der Waals surface area contributed by atoms with Gasteiger partial charge in [-0.1, -0.05) is 42.8 Å². The number of amides is 1. The fourth-order valence-corrected chi connectivity index (χ4v) is 4.29. The van der Waals surface area contributed by atoms with E-state index in [0.29, 0.717) is 16.3 Å². The molecule has 2 heterocycles. The zero-order valence-electron chi connectivity index (χ0n) is 16.6. The van der Waals surface area contributed by atoms with Crippen molar-refractivity contribution in [1.82, 2.24) is 0 Å². The Kier molecular flexibility index (Phi) is 4.63. The van der Waals surface area contributed by atoms with Gasteiger partial charge in [0.25, 0.3) is 5.91 Å². The number of carbonyl (C=O) groups is 1. The van der Waals surface area contributed by atoms with E-state index in [4.69, 9.17) is 16.0 Å². The molecule has 5 rings (SSSR count). The summed E-state index contributed by atoms with van der Waals surface area (Å²) in [7, 11) is 0. The molecule has 1 aliphatic rings. The number of hydrogen-bond acceptors (Lipinski definition) is 3. The molecule has 0 N–H and O–H groups in total. The van der Waals surface area contributed by atoms with E-state index in [2.05, 4.69) is 0 Å². The molecule has 0 saturated carbocycles. The first-order valence-corrected chi connectivity index (χ1v) is 10.3. The molecule has 1 aliphatic heterocycles. The van der Waals surface area contributed by atoms with Gasteiger partial charge in [-0.25, -0.2) is 4.39 Å². The van der Waals surface area contributed by atoms with Crippen LogP contribution in [0.1, 0.15) is 40.2 Å². The van der Waals surface area contributed by atoms with Crippen molar-refractivity contribution in [2.75, 3.05) is 4.90 Å². The first-order valence-electron chi connectivity index (χ1n) is 9.92. The van der Waals surface area contributed by atoms with Gasteiger partial charge in [0.1, 0.15) is 11.4 Å². The van der Waals surface area contributed by atoms with Gasteiger partial charge in [-0.05, 0) is 60.0 Å². The lowest BCUT2D eigenvalue weighted by Crippen LogP contribution is -2.29. The van der Waals surface area contributed by atoms with Gasteiger partial charge in [-0.3, -0.25) is 14.5 Å². The van der Waals surface area contributed by atoms with Crippen LogP contribution in [0, 0.1) is 5.82 Å². The second-order valence-electron chi connectivity index (χ2n) is 7.47. The largest absolute Gasteiger partial charge is 0.450 e. The van der Waals surface area contributed by atoms with E-state index in [1.54, 1.807) is 18.2 Å². The summed E-state index contributed by atoms with van der Waals surface area (Å²) in [5.41, 5.74) is 2.36. The molecule has 1 unspecified atom stereocenters. The van der Waals surface area contributed by atoms with Crippen molar-refractivity contribution in [3.63, 3.8) is 0 Å². The summed E-state index contributed by atoms with van der Waals surface area (Å²) in [6.07, 6.45) is 0.864. The summed E-state index contributed by atoms with van der Waals surface area (Å²) in [6.45, 7) is 2.05. The number of rotatable bonds is 3. The zero-order valence-corrected chi connectivity index (χ0v) is 17.3. The minimum absolute atomic E-state index is 0.0337. The Morgan fingerprint density at radius 2 is 1.81 bits per heavy atom. The summed E-state index contributed by atoms with van der Waals surface area (Å²) in [4.78, 5) is 28.4. The van der Waals surface area contributed by atoms with E-state index < -0.39 is 23.2 Å².